The number of hydrogen-bond donors (Lipinski definition) is 1. The van der Waals surface area contributed by atoms with Gasteiger partial charge in [-0.3, -0.25) is 4.90 Å². The summed E-state index contributed by atoms with van der Waals surface area (Å²) in [6, 6.07) is 1.62. The molecule has 0 spiro atoms. The van der Waals surface area contributed by atoms with Gasteiger partial charge in [0.1, 0.15) is 0 Å². The zero-order chi connectivity index (χ0) is 10.7. The molecule has 3 unspecified atom stereocenters. The predicted molar refractivity (Wildman–Crippen MR) is 65.1 cm³/mol. The maximum atomic E-state index is 3.59. The van der Waals surface area contributed by atoms with Gasteiger partial charge in [0, 0.05) is 25.2 Å². The highest BCUT2D eigenvalue weighted by atomic mass is 15.2. The Bertz CT molecular complexity index is 185. The van der Waals surface area contributed by atoms with Gasteiger partial charge >= 0.3 is 0 Å². The summed E-state index contributed by atoms with van der Waals surface area (Å²) in [5.74, 6) is 0.907. The first-order valence-electron chi connectivity index (χ1n) is 6.74. The number of hydrogen-bond acceptors (Lipinski definition) is 2. The third-order valence-corrected chi connectivity index (χ3v) is 4.16. The monoisotopic (exact) mass is 210 g/mol. The third-order valence-electron chi connectivity index (χ3n) is 4.16. The van der Waals surface area contributed by atoms with Gasteiger partial charge in [0.15, 0.2) is 0 Å². The quantitative estimate of drug-likeness (QED) is 0.714. The van der Waals surface area contributed by atoms with E-state index in [4.69, 9.17) is 0 Å². The Morgan fingerprint density at radius 2 is 1.93 bits per heavy atom. The van der Waals surface area contributed by atoms with Gasteiger partial charge in [-0.05, 0) is 45.1 Å². The zero-order valence-corrected chi connectivity index (χ0v) is 10.3. The summed E-state index contributed by atoms with van der Waals surface area (Å²) in [5.41, 5.74) is 0. The van der Waals surface area contributed by atoms with Gasteiger partial charge in [-0.1, -0.05) is 13.3 Å². The second-order valence-corrected chi connectivity index (χ2v) is 5.58. The van der Waals surface area contributed by atoms with E-state index in [0.717, 1.165) is 18.0 Å². The minimum Gasteiger partial charge on any atom is -0.315 e. The minimum atomic E-state index is 0.810. The summed E-state index contributed by atoms with van der Waals surface area (Å²) in [7, 11) is 0. The first-order chi connectivity index (χ1) is 7.27. The molecule has 2 heterocycles. The molecule has 2 fully saturated rings. The Morgan fingerprint density at radius 3 is 2.80 bits per heavy atom. The topological polar surface area (TPSA) is 15.3 Å². The lowest BCUT2D eigenvalue weighted by Crippen LogP contribution is -2.50. The molecule has 88 valence electrons. The number of piperidine rings is 1. The molecule has 0 bridgehead atoms. The fourth-order valence-corrected chi connectivity index (χ4v) is 3.12. The van der Waals surface area contributed by atoms with Crippen molar-refractivity contribution in [1.29, 1.82) is 0 Å². The highest BCUT2D eigenvalue weighted by molar-refractivity contribution is 4.85. The van der Waals surface area contributed by atoms with E-state index >= 15 is 0 Å². The van der Waals surface area contributed by atoms with Crippen molar-refractivity contribution >= 4 is 0 Å². The molecule has 2 rings (SSSR count). The fraction of sp³-hybridized carbons (Fsp3) is 1.00. The van der Waals surface area contributed by atoms with Crippen LogP contribution in [-0.2, 0) is 0 Å². The molecule has 0 saturated carbocycles. The van der Waals surface area contributed by atoms with Gasteiger partial charge in [0.05, 0.1) is 0 Å². The second-order valence-electron chi connectivity index (χ2n) is 5.58. The summed E-state index contributed by atoms with van der Waals surface area (Å²) >= 11 is 0. The minimum absolute atomic E-state index is 0.810. The third kappa shape index (κ3) is 2.94. The van der Waals surface area contributed by atoms with E-state index < -0.39 is 0 Å². The molecule has 1 N–H and O–H groups in total. The first kappa shape index (κ1) is 11.4. The lowest BCUT2D eigenvalue weighted by molar-refractivity contribution is 0.0741. The van der Waals surface area contributed by atoms with Crippen molar-refractivity contribution in [3.05, 3.63) is 0 Å². The molecule has 0 aliphatic carbocycles. The van der Waals surface area contributed by atoms with Crippen molar-refractivity contribution in [3.8, 4) is 0 Å². The van der Waals surface area contributed by atoms with E-state index in [1.54, 1.807) is 0 Å². The van der Waals surface area contributed by atoms with Crippen molar-refractivity contribution in [1.82, 2.24) is 10.2 Å². The molecule has 0 aromatic carbocycles. The van der Waals surface area contributed by atoms with Gasteiger partial charge in [0.2, 0.25) is 0 Å². The van der Waals surface area contributed by atoms with Crippen LogP contribution in [0.4, 0.5) is 0 Å². The van der Waals surface area contributed by atoms with Gasteiger partial charge in [-0.15, -0.1) is 0 Å². The molecule has 15 heavy (non-hydrogen) atoms. The standard InChI is InChI=1S/C13H26N2/c1-11-6-7-12(2)15(10-11)13-5-3-4-8-14-9-13/h11-14H,3-10H2,1-2H3. The average molecular weight is 210 g/mol. The Balaban J connectivity index is 1.93. The molecule has 2 aliphatic heterocycles. The Morgan fingerprint density at radius 1 is 1.07 bits per heavy atom. The molecule has 2 nitrogen and oxygen atoms in total. The smallest absolute Gasteiger partial charge is 0.0223 e. The molecule has 2 aliphatic rings. The number of nitrogens with zero attached hydrogens (tertiary/aromatic N) is 1. The van der Waals surface area contributed by atoms with E-state index in [1.807, 2.05) is 0 Å². The fourth-order valence-electron chi connectivity index (χ4n) is 3.12. The Kier molecular flexibility index (Phi) is 4.04. The summed E-state index contributed by atoms with van der Waals surface area (Å²) < 4.78 is 0. The molecule has 0 aromatic rings. The van der Waals surface area contributed by atoms with Crippen LogP contribution in [0, 0.1) is 5.92 Å². The maximum Gasteiger partial charge on any atom is 0.0223 e. The Labute approximate surface area is 94.4 Å². The van der Waals surface area contributed by atoms with Crippen LogP contribution in [0.1, 0.15) is 46.0 Å². The highest BCUT2D eigenvalue weighted by Crippen LogP contribution is 2.25. The maximum absolute atomic E-state index is 3.59. The van der Waals surface area contributed by atoms with E-state index in [1.165, 1.54) is 51.7 Å². The highest BCUT2D eigenvalue weighted by Gasteiger charge is 2.28. The van der Waals surface area contributed by atoms with Crippen molar-refractivity contribution in [3.63, 3.8) is 0 Å². The van der Waals surface area contributed by atoms with Crippen LogP contribution in [0.3, 0.4) is 0 Å². The Hall–Kier alpha value is -0.0800. The van der Waals surface area contributed by atoms with Gasteiger partial charge < -0.3 is 5.32 Å². The van der Waals surface area contributed by atoms with Crippen molar-refractivity contribution in [2.24, 2.45) is 5.92 Å². The second kappa shape index (κ2) is 5.31. The van der Waals surface area contributed by atoms with Crippen LogP contribution in [0.5, 0.6) is 0 Å². The SMILES string of the molecule is CC1CCC(C)N(C2CCCCNC2)C1. The summed E-state index contributed by atoms with van der Waals surface area (Å²) in [6.45, 7) is 8.60. The van der Waals surface area contributed by atoms with Gasteiger partial charge in [-0.2, -0.15) is 0 Å². The lowest BCUT2D eigenvalue weighted by Gasteiger charge is -2.42. The molecule has 0 aromatic heterocycles. The van der Waals surface area contributed by atoms with Crippen molar-refractivity contribution < 1.29 is 0 Å². The van der Waals surface area contributed by atoms with Crippen LogP contribution in [-0.4, -0.2) is 36.6 Å². The zero-order valence-electron chi connectivity index (χ0n) is 10.3. The van der Waals surface area contributed by atoms with Gasteiger partial charge in [-0.25, -0.2) is 0 Å². The molecule has 0 amide bonds. The predicted octanol–water partition coefficient (Wildman–Crippen LogP) is 2.25. The van der Waals surface area contributed by atoms with E-state index in [0.29, 0.717) is 0 Å². The number of rotatable bonds is 1. The van der Waals surface area contributed by atoms with E-state index in [-0.39, 0.29) is 0 Å². The van der Waals surface area contributed by atoms with Crippen LogP contribution < -0.4 is 5.32 Å². The number of nitrogens with one attached hydrogen (secondary N) is 1. The van der Waals surface area contributed by atoms with Crippen LogP contribution >= 0.6 is 0 Å². The van der Waals surface area contributed by atoms with E-state index in [2.05, 4.69) is 24.1 Å². The van der Waals surface area contributed by atoms with Crippen molar-refractivity contribution in [2.45, 2.75) is 58.0 Å². The van der Waals surface area contributed by atoms with Crippen LogP contribution in [0.2, 0.25) is 0 Å². The molecule has 3 atom stereocenters. The molecular formula is C13H26N2. The molecule has 0 radical (unpaired) electrons. The van der Waals surface area contributed by atoms with Crippen LogP contribution in [0.25, 0.3) is 0 Å². The summed E-state index contributed by atoms with van der Waals surface area (Å²) in [4.78, 5) is 2.77. The van der Waals surface area contributed by atoms with Crippen molar-refractivity contribution in [2.75, 3.05) is 19.6 Å². The number of likely N-dealkylation sites (tertiary alicyclic amines) is 1. The average Bonchev–Trinajstić information content (AvgIpc) is 2.50. The molecule has 2 saturated heterocycles. The molecular weight excluding hydrogens is 184 g/mol. The summed E-state index contributed by atoms with van der Waals surface area (Å²) in [5, 5.41) is 3.59. The van der Waals surface area contributed by atoms with Crippen LogP contribution in [0.15, 0.2) is 0 Å². The molecule has 2 heteroatoms. The lowest BCUT2D eigenvalue weighted by atomic mass is 9.92. The normalized spacial score (nSPS) is 40.0. The van der Waals surface area contributed by atoms with Gasteiger partial charge in [0.25, 0.3) is 0 Å². The summed E-state index contributed by atoms with van der Waals surface area (Å²) in [6.07, 6.45) is 7.02. The first-order valence-corrected chi connectivity index (χ1v) is 6.74. The van der Waals surface area contributed by atoms with E-state index in [9.17, 15) is 0 Å². The largest absolute Gasteiger partial charge is 0.315 e.